The fourth-order valence-corrected chi connectivity index (χ4v) is 2.04. The van der Waals surface area contributed by atoms with E-state index in [1.165, 1.54) is 6.92 Å². The van der Waals surface area contributed by atoms with Gasteiger partial charge in [-0.15, -0.1) is 0 Å². The highest BCUT2D eigenvalue weighted by molar-refractivity contribution is 5.98. The van der Waals surface area contributed by atoms with Gasteiger partial charge in [-0.3, -0.25) is 20.4 Å². The van der Waals surface area contributed by atoms with Crippen molar-refractivity contribution in [3.8, 4) is 0 Å². The molecule has 0 radical (unpaired) electrons. The molecular formula is C18H19N3O4. The van der Waals surface area contributed by atoms with Crippen molar-refractivity contribution >= 4 is 23.5 Å². The Morgan fingerprint density at radius 2 is 1.56 bits per heavy atom. The van der Waals surface area contributed by atoms with E-state index < -0.39 is 23.9 Å². The summed E-state index contributed by atoms with van der Waals surface area (Å²) in [5.74, 6) is -1.74. The molecule has 0 unspecified atom stereocenters. The van der Waals surface area contributed by atoms with Gasteiger partial charge in [-0.25, -0.2) is 4.79 Å². The molecule has 2 rings (SSSR count). The molecule has 2 aromatic carbocycles. The van der Waals surface area contributed by atoms with Crippen LogP contribution in [0.15, 0.2) is 54.6 Å². The molecule has 2 aromatic rings. The number of para-hydroxylation sites is 1. The highest BCUT2D eigenvalue weighted by Gasteiger charge is 2.21. The molecule has 0 aliphatic rings. The van der Waals surface area contributed by atoms with E-state index >= 15 is 0 Å². The minimum atomic E-state index is -1.08. The summed E-state index contributed by atoms with van der Waals surface area (Å²) in [5.41, 5.74) is 5.82. The molecule has 130 valence electrons. The van der Waals surface area contributed by atoms with Gasteiger partial charge in [-0.2, -0.15) is 0 Å². The van der Waals surface area contributed by atoms with E-state index in [2.05, 4.69) is 16.2 Å². The van der Waals surface area contributed by atoms with Crippen molar-refractivity contribution in [2.75, 3.05) is 12.4 Å². The first-order valence-electron chi connectivity index (χ1n) is 7.66. The van der Waals surface area contributed by atoms with Gasteiger partial charge < -0.3 is 10.1 Å². The lowest BCUT2D eigenvalue weighted by atomic mass is 10.2. The van der Waals surface area contributed by atoms with Crippen LogP contribution < -0.4 is 16.2 Å². The summed E-state index contributed by atoms with van der Waals surface area (Å²) >= 11 is 0. The molecule has 0 saturated carbocycles. The van der Waals surface area contributed by atoms with Gasteiger partial charge in [0.1, 0.15) is 0 Å². The summed E-state index contributed by atoms with van der Waals surface area (Å²) in [5, 5.41) is 2.88. The maximum Gasteiger partial charge on any atom is 0.341 e. The Balaban J connectivity index is 1.90. The summed E-state index contributed by atoms with van der Waals surface area (Å²) in [6.07, 6.45) is -1.08. The van der Waals surface area contributed by atoms with Crippen molar-refractivity contribution in [3.63, 3.8) is 0 Å². The monoisotopic (exact) mass is 341 g/mol. The third kappa shape index (κ3) is 4.81. The van der Waals surface area contributed by atoms with Crippen LogP contribution in [0.2, 0.25) is 0 Å². The lowest BCUT2D eigenvalue weighted by molar-refractivity contribution is -0.129. The molecule has 2 amide bonds. The predicted molar refractivity (Wildman–Crippen MR) is 92.9 cm³/mol. The molecule has 0 aromatic heterocycles. The molecule has 1 atom stereocenters. The molecule has 0 spiro atoms. The van der Waals surface area contributed by atoms with Gasteiger partial charge in [-0.1, -0.05) is 30.3 Å². The van der Waals surface area contributed by atoms with Crippen LogP contribution in [0.5, 0.6) is 0 Å². The normalized spacial score (nSPS) is 11.1. The zero-order chi connectivity index (χ0) is 18.2. The summed E-state index contributed by atoms with van der Waals surface area (Å²) in [7, 11) is 1.68. The van der Waals surface area contributed by atoms with Crippen LogP contribution in [0, 0.1) is 0 Å². The van der Waals surface area contributed by atoms with Crippen molar-refractivity contribution < 1.29 is 19.1 Å². The van der Waals surface area contributed by atoms with Crippen LogP contribution in [0.25, 0.3) is 0 Å². The smallest absolute Gasteiger partial charge is 0.341 e. The molecule has 0 fully saturated rings. The van der Waals surface area contributed by atoms with Crippen LogP contribution >= 0.6 is 0 Å². The molecule has 0 bridgehead atoms. The Labute approximate surface area is 145 Å². The number of carbonyl (C=O) groups is 3. The zero-order valence-electron chi connectivity index (χ0n) is 13.9. The molecule has 0 aliphatic carbocycles. The zero-order valence-corrected chi connectivity index (χ0v) is 13.9. The van der Waals surface area contributed by atoms with Crippen LogP contribution in [0.3, 0.4) is 0 Å². The second kappa shape index (κ2) is 8.49. The molecule has 7 heteroatoms. The summed E-state index contributed by atoms with van der Waals surface area (Å²) < 4.78 is 5.14. The second-order valence-corrected chi connectivity index (χ2v) is 5.15. The standard InChI is InChI=1S/C18H19N3O4/c1-12(25-18(24)14-10-6-7-11-15(14)19-2)16(22)20-21-17(23)13-8-4-3-5-9-13/h3-12,19H,1-2H3,(H,20,22)(H,21,23)/t12-/m0/s1. The van der Waals surface area contributed by atoms with Gasteiger partial charge in [0.2, 0.25) is 0 Å². The first kappa shape index (κ1) is 18.0. The quantitative estimate of drug-likeness (QED) is 0.568. The highest BCUT2D eigenvalue weighted by atomic mass is 16.5. The van der Waals surface area contributed by atoms with Crippen LogP contribution in [0.4, 0.5) is 5.69 Å². The molecule has 3 N–H and O–H groups in total. The number of anilines is 1. The number of esters is 1. The SMILES string of the molecule is CNc1ccccc1C(=O)O[C@@H](C)C(=O)NNC(=O)c1ccccc1. The molecule has 0 saturated heterocycles. The van der Waals surface area contributed by atoms with Gasteiger partial charge in [0.15, 0.2) is 6.10 Å². The Bertz CT molecular complexity index is 762. The lowest BCUT2D eigenvalue weighted by Crippen LogP contribution is -2.46. The van der Waals surface area contributed by atoms with Crippen molar-refractivity contribution in [2.45, 2.75) is 13.0 Å². The third-order valence-corrected chi connectivity index (χ3v) is 3.40. The van der Waals surface area contributed by atoms with E-state index in [4.69, 9.17) is 4.74 Å². The fraction of sp³-hybridized carbons (Fsp3) is 0.167. The number of nitrogens with one attached hydrogen (secondary N) is 3. The number of hydrogen-bond acceptors (Lipinski definition) is 5. The number of hydrazine groups is 1. The Morgan fingerprint density at radius 1 is 0.920 bits per heavy atom. The average Bonchev–Trinajstić information content (AvgIpc) is 2.66. The van der Waals surface area contributed by atoms with Crippen molar-refractivity contribution in [1.29, 1.82) is 0 Å². The largest absolute Gasteiger partial charge is 0.449 e. The van der Waals surface area contributed by atoms with E-state index in [1.54, 1.807) is 61.6 Å². The lowest BCUT2D eigenvalue weighted by Gasteiger charge is -2.15. The number of amides is 2. The molecule has 7 nitrogen and oxygen atoms in total. The predicted octanol–water partition coefficient (Wildman–Crippen LogP) is 1.73. The minimum absolute atomic E-state index is 0.318. The van der Waals surface area contributed by atoms with E-state index in [0.717, 1.165) is 0 Å². The Kier molecular flexibility index (Phi) is 6.11. The highest BCUT2D eigenvalue weighted by Crippen LogP contribution is 2.16. The van der Waals surface area contributed by atoms with Gasteiger partial charge >= 0.3 is 5.97 Å². The minimum Gasteiger partial charge on any atom is -0.449 e. The summed E-state index contributed by atoms with van der Waals surface area (Å²) in [6.45, 7) is 1.42. The van der Waals surface area contributed by atoms with Crippen LogP contribution in [0.1, 0.15) is 27.6 Å². The summed E-state index contributed by atoms with van der Waals surface area (Å²) in [6, 6.07) is 15.2. The van der Waals surface area contributed by atoms with Gasteiger partial charge in [0.25, 0.3) is 11.8 Å². The number of rotatable bonds is 5. The van der Waals surface area contributed by atoms with Gasteiger partial charge in [0, 0.05) is 18.3 Å². The Morgan fingerprint density at radius 3 is 2.24 bits per heavy atom. The fourth-order valence-electron chi connectivity index (χ4n) is 2.04. The van der Waals surface area contributed by atoms with E-state index in [-0.39, 0.29) is 0 Å². The summed E-state index contributed by atoms with van der Waals surface area (Å²) in [4.78, 5) is 36.0. The number of carbonyl (C=O) groups excluding carboxylic acids is 3. The van der Waals surface area contributed by atoms with E-state index in [0.29, 0.717) is 16.8 Å². The van der Waals surface area contributed by atoms with Gasteiger partial charge in [-0.05, 0) is 31.2 Å². The first-order valence-corrected chi connectivity index (χ1v) is 7.66. The van der Waals surface area contributed by atoms with E-state index in [9.17, 15) is 14.4 Å². The Hall–Kier alpha value is -3.35. The molecule has 0 aliphatic heterocycles. The average molecular weight is 341 g/mol. The number of benzene rings is 2. The second-order valence-electron chi connectivity index (χ2n) is 5.15. The first-order chi connectivity index (χ1) is 12.0. The topological polar surface area (TPSA) is 96.5 Å². The molecule has 25 heavy (non-hydrogen) atoms. The maximum atomic E-state index is 12.2. The number of ether oxygens (including phenoxy) is 1. The van der Waals surface area contributed by atoms with E-state index in [1.807, 2.05) is 0 Å². The van der Waals surface area contributed by atoms with Crippen LogP contribution in [-0.2, 0) is 9.53 Å². The van der Waals surface area contributed by atoms with Crippen molar-refractivity contribution in [3.05, 3.63) is 65.7 Å². The third-order valence-electron chi connectivity index (χ3n) is 3.40. The van der Waals surface area contributed by atoms with Crippen molar-refractivity contribution in [1.82, 2.24) is 10.9 Å². The molecular weight excluding hydrogens is 322 g/mol. The van der Waals surface area contributed by atoms with Crippen LogP contribution in [-0.4, -0.2) is 30.9 Å². The molecule has 0 heterocycles. The van der Waals surface area contributed by atoms with Gasteiger partial charge in [0.05, 0.1) is 5.56 Å². The number of hydrogen-bond donors (Lipinski definition) is 3. The maximum absolute atomic E-state index is 12.2. The van der Waals surface area contributed by atoms with Crippen molar-refractivity contribution in [2.24, 2.45) is 0 Å².